The van der Waals surface area contributed by atoms with Gasteiger partial charge in [0.25, 0.3) is 11.1 Å². The summed E-state index contributed by atoms with van der Waals surface area (Å²) in [5.74, 6) is -0.187. The van der Waals surface area contributed by atoms with Gasteiger partial charge in [0.1, 0.15) is 18.2 Å². The highest BCUT2D eigenvalue weighted by Crippen LogP contribution is 2.36. The number of rotatable bonds is 5. The summed E-state index contributed by atoms with van der Waals surface area (Å²) in [6.07, 6.45) is 1.66. The third-order valence-corrected chi connectivity index (χ3v) is 5.43. The van der Waals surface area contributed by atoms with Gasteiger partial charge in [-0.1, -0.05) is 42.0 Å². The molecule has 1 aliphatic heterocycles. The lowest BCUT2D eigenvalue weighted by molar-refractivity contribution is -0.113. The highest BCUT2D eigenvalue weighted by Gasteiger charge is 2.36. The Bertz CT molecular complexity index is 1120. The molecule has 0 atom stereocenters. The number of benzene rings is 3. The Balaban J connectivity index is 1.49. The molecule has 0 N–H and O–H groups in total. The van der Waals surface area contributed by atoms with Gasteiger partial charge >= 0.3 is 0 Å². The highest BCUT2D eigenvalue weighted by molar-refractivity contribution is 8.19. The predicted octanol–water partition coefficient (Wildman–Crippen LogP) is 5.95. The number of carbonyl (C=O) groups excluding carboxylic acids is 2. The van der Waals surface area contributed by atoms with Gasteiger partial charge in [-0.2, -0.15) is 0 Å². The Morgan fingerprint density at radius 3 is 2.47 bits per heavy atom. The van der Waals surface area contributed by atoms with Gasteiger partial charge < -0.3 is 4.74 Å². The monoisotopic (exact) mass is 419 g/mol. The van der Waals surface area contributed by atoms with Crippen LogP contribution in [0.5, 0.6) is 5.75 Å². The zero-order chi connectivity index (χ0) is 21.1. The molecule has 30 heavy (non-hydrogen) atoms. The largest absolute Gasteiger partial charge is 0.489 e. The van der Waals surface area contributed by atoms with E-state index in [0.717, 1.165) is 27.8 Å². The maximum Gasteiger partial charge on any atom is 0.298 e. The second-order valence-corrected chi connectivity index (χ2v) is 7.83. The molecule has 0 aliphatic carbocycles. The average molecular weight is 419 g/mol. The van der Waals surface area contributed by atoms with Crippen LogP contribution in [0.2, 0.25) is 0 Å². The topological polar surface area (TPSA) is 46.6 Å². The minimum atomic E-state index is -0.428. The molecule has 4 nitrogen and oxygen atoms in total. The van der Waals surface area contributed by atoms with Crippen molar-refractivity contribution in [3.05, 3.63) is 100 Å². The number of aryl methyl sites for hydroxylation is 1. The van der Waals surface area contributed by atoms with E-state index < -0.39 is 17.0 Å². The average Bonchev–Trinajstić information content (AvgIpc) is 3.02. The third-order valence-electron chi connectivity index (χ3n) is 4.56. The number of nitrogens with zero attached hydrogens (tertiary/aromatic N) is 1. The van der Waals surface area contributed by atoms with Crippen LogP contribution in [0.4, 0.5) is 14.9 Å². The molecule has 1 fully saturated rings. The number of amides is 2. The molecule has 1 saturated heterocycles. The van der Waals surface area contributed by atoms with E-state index in [4.69, 9.17) is 4.74 Å². The quantitative estimate of drug-likeness (QED) is 0.479. The molecule has 0 spiro atoms. The van der Waals surface area contributed by atoms with Crippen LogP contribution in [0.1, 0.15) is 16.7 Å². The van der Waals surface area contributed by atoms with E-state index in [9.17, 15) is 14.0 Å². The fourth-order valence-corrected chi connectivity index (χ4v) is 3.82. The number of halogens is 1. The fourth-order valence-electron chi connectivity index (χ4n) is 2.98. The molecule has 6 heteroatoms. The van der Waals surface area contributed by atoms with Gasteiger partial charge in [0, 0.05) is 0 Å². The van der Waals surface area contributed by atoms with Crippen molar-refractivity contribution in [1.29, 1.82) is 0 Å². The summed E-state index contributed by atoms with van der Waals surface area (Å²) in [6, 6.07) is 20.7. The first-order valence-electron chi connectivity index (χ1n) is 9.31. The first-order valence-corrected chi connectivity index (χ1v) is 10.1. The van der Waals surface area contributed by atoms with E-state index in [2.05, 4.69) is 0 Å². The lowest BCUT2D eigenvalue weighted by atomic mass is 10.1. The van der Waals surface area contributed by atoms with Gasteiger partial charge in [-0.3, -0.25) is 9.59 Å². The molecule has 0 unspecified atom stereocenters. The van der Waals surface area contributed by atoms with Crippen LogP contribution in [0.3, 0.4) is 0 Å². The van der Waals surface area contributed by atoms with E-state index in [-0.39, 0.29) is 0 Å². The number of hydrogen-bond acceptors (Lipinski definition) is 4. The third kappa shape index (κ3) is 4.44. The molecule has 2 amide bonds. The Kier molecular flexibility index (Phi) is 5.68. The van der Waals surface area contributed by atoms with Gasteiger partial charge in [-0.15, -0.1) is 0 Å². The Labute approximate surface area is 178 Å². The predicted molar refractivity (Wildman–Crippen MR) is 117 cm³/mol. The second-order valence-electron chi connectivity index (χ2n) is 6.84. The van der Waals surface area contributed by atoms with Crippen LogP contribution in [0.15, 0.2) is 77.7 Å². The molecule has 0 radical (unpaired) electrons. The molecule has 0 saturated carbocycles. The van der Waals surface area contributed by atoms with E-state index in [1.165, 1.54) is 29.8 Å². The number of ether oxygens (including phenoxy) is 1. The Hall–Kier alpha value is -3.38. The summed E-state index contributed by atoms with van der Waals surface area (Å²) < 4.78 is 19.0. The molecule has 150 valence electrons. The molecular weight excluding hydrogens is 401 g/mol. The zero-order valence-electron chi connectivity index (χ0n) is 16.2. The van der Waals surface area contributed by atoms with Gasteiger partial charge in [-0.05, 0) is 72.3 Å². The summed E-state index contributed by atoms with van der Waals surface area (Å²) >= 11 is 0.857. The van der Waals surface area contributed by atoms with Gasteiger partial charge in [0.05, 0.1) is 10.6 Å². The van der Waals surface area contributed by atoms with Crippen LogP contribution >= 0.6 is 11.8 Å². The molecule has 3 aromatic carbocycles. The van der Waals surface area contributed by atoms with Crippen LogP contribution in [-0.4, -0.2) is 11.1 Å². The van der Waals surface area contributed by atoms with E-state index in [1.807, 2.05) is 55.5 Å². The molecule has 1 aliphatic rings. The van der Waals surface area contributed by atoms with E-state index in [1.54, 1.807) is 6.08 Å². The van der Waals surface area contributed by atoms with Crippen molar-refractivity contribution in [3.63, 3.8) is 0 Å². The van der Waals surface area contributed by atoms with Crippen LogP contribution in [-0.2, 0) is 11.4 Å². The first kappa shape index (κ1) is 19.9. The van der Waals surface area contributed by atoms with Gasteiger partial charge in [0.15, 0.2) is 0 Å². The molecule has 0 bridgehead atoms. The Morgan fingerprint density at radius 1 is 1.00 bits per heavy atom. The number of hydrogen-bond donors (Lipinski definition) is 0. The highest BCUT2D eigenvalue weighted by atomic mass is 32.2. The molecule has 1 heterocycles. The summed E-state index contributed by atoms with van der Waals surface area (Å²) in [6.45, 7) is 2.47. The van der Waals surface area contributed by atoms with E-state index in [0.29, 0.717) is 22.9 Å². The minimum Gasteiger partial charge on any atom is -0.489 e. The van der Waals surface area contributed by atoms with Crippen molar-refractivity contribution >= 4 is 34.7 Å². The van der Waals surface area contributed by atoms with Crippen molar-refractivity contribution < 1.29 is 18.7 Å². The van der Waals surface area contributed by atoms with Crippen molar-refractivity contribution in [2.75, 3.05) is 4.90 Å². The lowest BCUT2D eigenvalue weighted by Crippen LogP contribution is -2.27. The fraction of sp³-hybridized carbons (Fsp3) is 0.0833. The van der Waals surface area contributed by atoms with Crippen LogP contribution in [0, 0.1) is 12.7 Å². The van der Waals surface area contributed by atoms with Crippen LogP contribution in [0.25, 0.3) is 6.08 Å². The summed E-state index contributed by atoms with van der Waals surface area (Å²) in [5.41, 5.74) is 3.35. The maximum atomic E-state index is 13.1. The normalized spacial score (nSPS) is 15.1. The van der Waals surface area contributed by atoms with Gasteiger partial charge in [0.2, 0.25) is 0 Å². The summed E-state index contributed by atoms with van der Waals surface area (Å²) in [5, 5.41) is -0.412. The van der Waals surface area contributed by atoms with E-state index >= 15 is 0 Å². The number of thioether (sulfide) groups is 1. The van der Waals surface area contributed by atoms with Crippen molar-refractivity contribution in [2.45, 2.75) is 13.5 Å². The number of imide groups is 1. The van der Waals surface area contributed by atoms with Crippen molar-refractivity contribution in [2.24, 2.45) is 0 Å². The SMILES string of the molecule is Cc1ccc(COc2cccc(/C=C3\SC(=O)N(c4ccc(F)cc4)C3=O)c2)cc1. The minimum absolute atomic E-state index is 0.306. The number of anilines is 1. The molecular formula is C24H18FNO3S. The Morgan fingerprint density at radius 2 is 1.73 bits per heavy atom. The van der Waals surface area contributed by atoms with Crippen molar-refractivity contribution in [1.82, 2.24) is 0 Å². The summed E-state index contributed by atoms with van der Waals surface area (Å²) in [4.78, 5) is 26.4. The number of carbonyl (C=O) groups is 2. The van der Waals surface area contributed by atoms with Gasteiger partial charge in [-0.25, -0.2) is 9.29 Å². The standard InChI is InChI=1S/C24H18FNO3S/c1-16-5-7-17(8-6-16)15-29-21-4-2-3-18(13-21)14-22-23(27)26(24(28)30-22)20-11-9-19(25)10-12-20/h2-14H,15H2,1H3/b22-14-. The van der Waals surface area contributed by atoms with Crippen molar-refractivity contribution in [3.8, 4) is 5.75 Å². The molecule has 0 aromatic heterocycles. The zero-order valence-corrected chi connectivity index (χ0v) is 17.0. The molecule has 4 rings (SSSR count). The first-order chi connectivity index (χ1) is 14.5. The maximum absolute atomic E-state index is 13.1. The lowest BCUT2D eigenvalue weighted by Gasteiger charge is -2.12. The van der Waals surface area contributed by atoms with Crippen LogP contribution < -0.4 is 9.64 Å². The summed E-state index contributed by atoms with van der Waals surface area (Å²) in [7, 11) is 0. The smallest absolute Gasteiger partial charge is 0.298 e. The second kappa shape index (κ2) is 8.55. The molecule has 3 aromatic rings.